The van der Waals surface area contributed by atoms with Crippen LogP contribution in [0.3, 0.4) is 0 Å². The van der Waals surface area contributed by atoms with Crippen LogP contribution in [-0.2, 0) is 18.7 Å². The molecule has 1 saturated heterocycles. The number of halogens is 2. The summed E-state index contributed by atoms with van der Waals surface area (Å²) in [4.78, 5) is 14.7. The molecular formula is C28H32Cl2N2O4. The van der Waals surface area contributed by atoms with Gasteiger partial charge in [-0.2, -0.15) is 0 Å². The Morgan fingerprint density at radius 3 is 2.17 bits per heavy atom. The van der Waals surface area contributed by atoms with Gasteiger partial charge < -0.3 is 19.9 Å². The number of methoxy groups -OCH3 is 2. The number of rotatable bonds is 8. The number of hydrogen-bond donors (Lipinski definition) is 2. The lowest BCUT2D eigenvalue weighted by Gasteiger charge is -2.38. The second-order valence-corrected chi connectivity index (χ2v) is 9.32. The first-order chi connectivity index (χ1) is 16.9. The molecule has 8 heteroatoms. The van der Waals surface area contributed by atoms with E-state index in [4.69, 9.17) is 21.1 Å². The van der Waals surface area contributed by atoms with Crippen LogP contribution in [0.5, 0.6) is 11.5 Å². The van der Waals surface area contributed by atoms with Crippen molar-refractivity contribution in [1.29, 1.82) is 0 Å². The standard InChI is InChI=1S/C28H31ClN2O4.ClH/c1-34-25-12-5-21(17-26(25)35-2)19-31-15-13-28(33,14-16-31)23-8-3-20(4-9-23)18-30-27(32)22-6-10-24(29)11-7-22;/h3-12,17,33H,13-16,18-19H2,1-2H3,(H,30,32);1H. The zero-order chi connectivity index (χ0) is 24.8. The highest BCUT2D eigenvalue weighted by Gasteiger charge is 2.33. The molecule has 1 fully saturated rings. The van der Waals surface area contributed by atoms with Gasteiger partial charge in [-0.25, -0.2) is 0 Å². The van der Waals surface area contributed by atoms with Crippen molar-refractivity contribution in [3.8, 4) is 11.5 Å². The van der Waals surface area contributed by atoms with Crippen LogP contribution in [0.25, 0.3) is 0 Å². The Hall–Kier alpha value is -2.77. The largest absolute Gasteiger partial charge is 0.493 e. The first-order valence-corrected chi connectivity index (χ1v) is 12.1. The summed E-state index contributed by atoms with van der Waals surface area (Å²) in [7, 11) is 3.27. The second-order valence-electron chi connectivity index (χ2n) is 8.88. The number of ether oxygens (including phenoxy) is 2. The molecule has 0 aliphatic carbocycles. The number of carbonyl (C=O) groups excluding carboxylic acids is 1. The summed E-state index contributed by atoms with van der Waals surface area (Å²) in [5.41, 5.74) is 2.76. The number of amides is 1. The molecule has 0 spiro atoms. The van der Waals surface area contributed by atoms with E-state index in [2.05, 4.69) is 10.2 Å². The zero-order valence-corrected chi connectivity index (χ0v) is 22.1. The lowest BCUT2D eigenvalue weighted by molar-refractivity contribution is -0.0277. The van der Waals surface area contributed by atoms with E-state index in [1.165, 1.54) is 0 Å². The van der Waals surface area contributed by atoms with Gasteiger partial charge in [0.05, 0.1) is 19.8 Å². The molecule has 1 aliphatic heterocycles. The molecule has 0 atom stereocenters. The molecule has 4 rings (SSSR count). The van der Waals surface area contributed by atoms with E-state index in [1.807, 2.05) is 42.5 Å². The van der Waals surface area contributed by atoms with E-state index >= 15 is 0 Å². The molecule has 0 bridgehead atoms. The van der Waals surface area contributed by atoms with Crippen LogP contribution in [0.1, 0.15) is 39.9 Å². The maximum Gasteiger partial charge on any atom is 0.251 e. The van der Waals surface area contributed by atoms with Crippen molar-refractivity contribution < 1.29 is 19.4 Å². The van der Waals surface area contributed by atoms with Gasteiger partial charge in [-0.15, -0.1) is 12.4 Å². The molecule has 6 nitrogen and oxygen atoms in total. The minimum absolute atomic E-state index is 0. The molecule has 36 heavy (non-hydrogen) atoms. The molecule has 1 aliphatic rings. The Bertz CT molecular complexity index is 1150. The number of likely N-dealkylation sites (tertiary alicyclic amines) is 1. The molecule has 192 valence electrons. The van der Waals surface area contributed by atoms with Crippen molar-refractivity contribution in [2.75, 3.05) is 27.3 Å². The maximum absolute atomic E-state index is 12.3. The fourth-order valence-corrected chi connectivity index (χ4v) is 4.55. The Kier molecular flexibility index (Phi) is 9.63. The summed E-state index contributed by atoms with van der Waals surface area (Å²) >= 11 is 5.88. The monoisotopic (exact) mass is 530 g/mol. The van der Waals surface area contributed by atoms with Crippen molar-refractivity contribution in [1.82, 2.24) is 10.2 Å². The van der Waals surface area contributed by atoms with E-state index < -0.39 is 5.60 Å². The minimum Gasteiger partial charge on any atom is -0.493 e. The van der Waals surface area contributed by atoms with Crippen LogP contribution in [-0.4, -0.2) is 43.2 Å². The van der Waals surface area contributed by atoms with Gasteiger partial charge in [0.25, 0.3) is 5.91 Å². The van der Waals surface area contributed by atoms with E-state index in [0.29, 0.717) is 30.0 Å². The summed E-state index contributed by atoms with van der Waals surface area (Å²) in [6, 6.07) is 20.6. The minimum atomic E-state index is -0.848. The Morgan fingerprint density at radius 2 is 1.56 bits per heavy atom. The first-order valence-electron chi connectivity index (χ1n) is 11.7. The van der Waals surface area contributed by atoms with Gasteiger partial charge >= 0.3 is 0 Å². The third-order valence-corrected chi connectivity index (χ3v) is 6.84. The Labute approximate surface area is 223 Å². The quantitative estimate of drug-likeness (QED) is 0.419. The Morgan fingerprint density at radius 1 is 0.944 bits per heavy atom. The van der Waals surface area contributed by atoms with Gasteiger partial charge in [-0.1, -0.05) is 41.9 Å². The van der Waals surface area contributed by atoms with Crippen molar-refractivity contribution in [2.45, 2.75) is 31.5 Å². The van der Waals surface area contributed by atoms with Crippen LogP contribution in [0.15, 0.2) is 66.7 Å². The number of carbonyl (C=O) groups is 1. The van der Waals surface area contributed by atoms with Gasteiger partial charge in [0.15, 0.2) is 11.5 Å². The van der Waals surface area contributed by atoms with E-state index in [9.17, 15) is 9.90 Å². The second kappa shape index (κ2) is 12.5. The zero-order valence-electron chi connectivity index (χ0n) is 20.5. The molecule has 3 aromatic carbocycles. The van der Waals surface area contributed by atoms with E-state index in [-0.39, 0.29) is 18.3 Å². The predicted octanol–water partition coefficient (Wildman–Crippen LogP) is 5.19. The molecule has 0 radical (unpaired) electrons. The maximum atomic E-state index is 12.3. The molecule has 1 amide bonds. The van der Waals surface area contributed by atoms with Gasteiger partial charge in [-0.05, 0) is 65.9 Å². The van der Waals surface area contributed by atoms with Crippen LogP contribution in [0.2, 0.25) is 5.02 Å². The Balaban J connectivity index is 0.00000361. The number of nitrogens with zero attached hydrogens (tertiary/aromatic N) is 1. The highest BCUT2D eigenvalue weighted by molar-refractivity contribution is 6.30. The smallest absolute Gasteiger partial charge is 0.251 e. The van der Waals surface area contributed by atoms with Crippen molar-refractivity contribution in [2.24, 2.45) is 0 Å². The topological polar surface area (TPSA) is 71.0 Å². The third kappa shape index (κ3) is 6.71. The SMILES string of the molecule is COc1ccc(CN2CCC(O)(c3ccc(CNC(=O)c4ccc(Cl)cc4)cc3)CC2)cc1OC.Cl. The lowest BCUT2D eigenvalue weighted by atomic mass is 9.84. The van der Waals surface area contributed by atoms with Crippen molar-refractivity contribution in [3.63, 3.8) is 0 Å². The number of aliphatic hydroxyl groups is 1. The lowest BCUT2D eigenvalue weighted by Crippen LogP contribution is -2.42. The highest BCUT2D eigenvalue weighted by atomic mass is 35.5. The molecule has 2 N–H and O–H groups in total. The van der Waals surface area contributed by atoms with Crippen LogP contribution in [0, 0.1) is 0 Å². The normalized spacial score (nSPS) is 15.0. The molecule has 0 saturated carbocycles. The molecule has 0 aromatic heterocycles. The van der Waals surface area contributed by atoms with Crippen molar-refractivity contribution in [3.05, 3.63) is 94.0 Å². The highest BCUT2D eigenvalue weighted by Crippen LogP contribution is 2.34. The van der Waals surface area contributed by atoms with Crippen LogP contribution >= 0.6 is 24.0 Å². The van der Waals surface area contributed by atoms with Crippen LogP contribution < -0.4 is 14.8 Å². The summed E-state index contributed by atoms with van der Waals surface area (Å²) < 4.78 is 10.7. The van der Waals surface area contributed by atoms with E-state index in [0.717, 1.165) is 47.8 Å². The number of nitrogens with one attached hydrogen (secondary N) is 1. The summed E-state index contributed by atoms with van der Waals surface area (Å²) in [5, 5.41) is 14.8. The summed E-state index contributed by atoms with van der Waals surface area (Å²) in [6.45, 7) is 2.80. The van der Waals surface area contributed by atoms with Crippen molar-refractivity contribution >= 4 is 29.9 Å². The van der Waals surface area contributed by atoms with Gasteiger partial charge in [-0.3, -0.25) is 9.69 Å². The fraction of sp³-hybridized carbons (Fsp3) is 0.321. The summed E-state index contributed by atoms with van der Waals surface area (Å²) in [6.07, 6.45) is 1.32. The molecular weight excluding hydrogens is 499 g/mol. The predicted molar refractivity (Wildman–Crippen MR) is 144 cm³/mol. The average Bonchev–Trinajstić information content (AvgIpc) is 2.89. The first kappa shape index (κ1) is 27.8. The van der Waals surface area contributed by atoms with Gasteiger partial charge in [0.2, 0.25) is 0 Å². The molecule has 1 heterocycles. The number of benzene rings is 3. The number of piperidine rings is 1. The average molecular weight is 531 g/mol. The van der Waals surface area contributed by atoms with E-state index in [1.54, 1.807) is 38.5 Å². The van der Waals surface area contributed by atoms with Gasteiger partial charge in [0.1, 0.15) is 0 Å². The number of hydrogen-bond acceptors (Lipinski definition) is 5. The molecule has 3 aromatic rings. The van der Waals surface area contributed by atoms with Gasteiger partial charge in [0, 0.05) is 36.8 Å². The summed E-state index contributed by atoms with van der Waals surface area (Å²) in [5.74, 6) is 1.30. The molecule has 0 unspecified atom stereocenters. The van der Waals surface area contributed by atoms with Crippen LogP contribution in [0.4, 0.5) is 0 Å². The third-order valence-electron chi connectivity index (χ3n) is 6.59. The fourth-order valence-electron chi connectivity index (χ4n) is 4.43.